The molecule has 2 aliphatic carbocycles. The number of hydrogen-bond acceptors (Lipinski definition) is 3. The molecule has 0 radical (unpaired) electrons. The van der Waals surface area contributed by atoms with Crippen LogP contribution in [0.5, 0.6) is 0 Å². The monoisotopic (exact) mass is 332 g/mol. The van der Waals surface area contributed by atoms with Gasteiger partial charge in [-0.1, -0.05) is 19.3 Å². The summed E-state index contributed by atoms with van der Waals surface area (Å²) < 4.78 is 0. The van der Waals surface area contributed by atoms with Gasteiger partial charge in [-0.2, -0.15) is 11.3 Å². The van der Waals surface area contributed by atoms with Crippen LogP contribution in [0.3, 0.4) is 0 Å². The molecule has 0 bridgehead atoms. The highest BCUT2D eigenvalue weighted by Crippen LogP contribution is 2.56. The molecule has 1 N–H and O–H groups in total. The van der Waals surface area contributed by atoms with E-state index in [4.69, 9.17) is 0 Å². The highest BCUT2D eigenvalue weighted by Gasteiger charge is 2.58. The summed E-state index contributed by atoms with van der Waals surface area (Å²) in [6.45, 7) is 3.08. The average Bonchev–Trinajstić information content (AvgIpc) is 3.04. The van der Waals surface area contributed by atoms with E-state index in [1.165, 1.54) is 44.1 Å². The van der Waals surface area contributed by atoms with E-state index in [1.807, 2.05) is 0 Å². The van der Waals surface area contributed by atoms with E-state index in [-0.39, 0.29) is 0 Å². The summed E-state index contributed by atoms with van der Waals surface area (Å²) in [6.07, 6.45) is 9.74. The molecule has 0 aromatic carbocycles. The molecule has 1 spiro atoms. The van der Waals surface area contributed by atoms with Crippen molar-refractivity contribution < 1.29 is 4.79 Å². The molecule has 1 atom stereocenters. The Hall–Kier alpha value is -0.870. The zero-order chi connectivity index (χ0) is 15.7. The molecular formula is C19H28N2OS. The average molecular weight is 333 g/mol. The zero-order valence-electron chi connectivity index (χ0n) is 13.9. The predicted octanol–water partition coefficient (Wildman–Crippen LogP) is 3.80. The molecule has 4 rings (SSSR count). The molecule has 2 saturated carbocycles. The number of hydrogen-bond donors (Lipinski definition) is 1. The van der Waals surface area contributed by atoms with Gasteiger partial charge in [0.2, 0.25) is 5.91 Å². The van der Waals surface area contributed by atoms with Gasteiger partial charge in [0.05, 0.1) is 0 Å². The minimum absolute atomic E-state index is 0.293. The second kappa shape index (κ2) is 6.56. The first-order valence-electron chi connectivity index (χ1n) is 9.31. The second-order valence-electron chi connectivity index (χ2n) is 7.76. The van der Waals surface area contributed by atoms with Gasteiger partial charge in [-0.3, -0.25) is 4.79 Å². The molecule has 126 valence electrons. The number of carbonyl (C=O) groups excluding carboxylic acids is 1. The predicted molar refractivity (Wildman–Crippen MR) is 94.4 cm³/mol. The molecule has 3 fully saturated rings. The number of amides is 1. The smallest absolute Gasteiger partial charge is 0.226 e. The fourth-order valence-electron chi connectivity index (χ4n) is 4.73. The van der Waals surface area contributed by atoms with E-state index in [0.29, 0.717) is 23.3 Å². The van der Waals surface area contributed by atoms with Crippen molar-refractivity contribution in [3.63, 3.8) is 0 Å². The van der Waals surface area contributed by atoms with Crippen LogP contribution in [-0.4, -0.2) is 29.9 Å². The topological polar surface area (TPSA) is 32.3 Å². The SMILES string of the molecule is O=C(C1CCCCC1)N(Cc1ccsc1)C1CC12CCNCC2. The lowest BCUT2D eigenvalue weighted by Gasteiger charge is -2.33. The van der Waals surface area contributed by atoms with Crippen LogP contribution >= 0.6 is 11.3 Å². The van der Waals surface area contributed by atoms with Crippen LogP contribution in [0.2, 0.25) is 0 Å². The summed E-state index contributed by atoms with van der Waals surface area (Å²) in [7, 11) is 0. The van der Waals surface area contributed by atoms with Crippen LogP contribution in [0.4, 0.5) is 0 Å². The number of rotatable bonds is 4. The fourth-order valence-corrected chi connectivity index (χ4v) is 5.39. The maximum atomic E-state index is 13.2. The number of carbonyl (C=O) groups is 1. The summed E-state index contributed by atoms with van der Waals surface area (Å²) in [5.74, 6) is 0.748. The Labute approximate surface area is 143 Å². The van der Waals surface area contributed by atoms with Crippen molar-refractivity contribution in [2.45, 2.75) is 64.0 Å². The Kier molecular flexibility index (Phi) is 4.46. The molecule has 4 heteroatoms. The van der Waals surface area contributed by atoms with Crippen LogP contribution in [0.25, 0.3) is 0 Å². The molecule has 1 aromatic heterocycles. The highest BCUT2D eigenvalue weighted by molar-refractivity contribution is 7.07. The molecule has 1 aromatic rings. The van der Waals surface area contributed by atoms with Gasteiger partial charge in [0, 0.05) is 18.5 Å². The first kappa shape index (κ1) is 15.6. The van der Waals surface area contributed by atoms with Crippen molar-refractivity contribution in [1.82, 2.24) is 10.2 Å². The maximum Gasteiger partial charge on any atom is 0.226 e. The van der Waals surface area contributed by atoms with Gasteiger partial charge in [0.15, 0.2) is 0 Å². The van der Waals surface area contributed by atoms with E-state index >= 15 is 0 Å². The standard InChI is InChI=1S/C19H28N2OS/c22-18(16-4-2-1-3-5-16)21(13-15-6-11-23-14-15)17-12-19(17)7-9-20-10-8-19/h6,11,14,16-17,20H,1-5,7-10,12-13H2. The number of nitrogens with zero attached hydrogens (tertiary/aromatic N) is 1. The molecule has 3 aliphatic rings. The lowest BCUT2D eigenvalue weighted by Crippen LogP contribution is -2.42. The minimum atomic E-state index is 0.293. The Morgan fingerprint density at radius 2 is 2.04 bits per heavy atom. The van der Waals surface area contributed by atoms with E-state index in [2.05, 4.69) is 27.0 Å². The minimum Gasteiger partial charge on any atom is -0.335 e. The first-order chi connectivity index (χ1) is 11.3. The van der Waals surface area contributed by atoms with Crippen LogP contribution in [0.1, 0.15) is 56.9 Å². The Morgan fingerprint density at radius 1 is 1.26 bits per heavy atom. The summed E-state index contributed by atoms with van der Waals surface area (Å²) in [5, 5.41) is 7.81. The largest absolute Gasteiger partial charge is 0.335 e. The van der Waals surface area contributed by atoms with Gasteiger partial charge in [0.1, 0.15) is 0 Å². The van der Waals surface area contributed by atoms with E-state index in [9.17, 15) is 4.79 Å². The Balaban J connectivity index is 1.50. The normalized spacial score (nSPS) is 27.0. The number of piperidine rings is 1. The second-order valence-corrected chi connectivity index (χ2v) is 8.54. The molecular weight excluding hydrogens is 304 g/mol. The van der Waals surface area contributed by atoms with Crippen molar-refractivity contribution in [3.8, 4) is 0 Å². The van der Waals surface area contributed by atoms with Crippen molar-refractivity contribution in [3.05, 3.63) is 22.4 Å². The van der Waals surface area contributed by atoms with Crippen LogP contribution < -0.4 is 5.32 Å². The third kappa shape index (κ3) is 3.20. The van der Waals surface area contributed by atoms with Gasteiger partial charge in [-0.05, 0) is 73.0 Å². The Morgan fingerprint density at radius 3 is 2.74 bits per heavy atom. The van der Waals surface area contributed by atoms with Crippen LogP contribution in [0.15, 0.2) is 16.8 Å². The van der Waals surface area contributed by atoms with Gasteiger partial charge in [-0.25, -0.2) is 0 Å². The lowest BCUT2D eigenvalue weighted by atomic mass is 9.87. The van der Waals surface area contributed by atoms with Gasteiger partial charge in [-0.15, -0.1) is 0 Å². The van der Waals surface area contributed by atoms with Crippen molar-refractivity contribution in [2.75, 3.05) is 13.1 Å². The van der Waals surface area contributed by atoms with Gasteiger partial charge >= 0.3 is 0 Å². The molecule has 1 amide bonds. The molecule has 3 nitrogen and oxygen atoms in total. The maximum absolute atomic E-state index is 13.2. The van der Waals surface area contributed by atoms with Crippen molar-refractivity contribution >= 4 is 17.2 Å². The molecule has 1 aliphatic heterocycles. The van der Waals surface area contributed by atoms with Crippen molar-refractivity contribution in [1.29, 1.82) is 0 Å². The number of nitrogens with one attached hydrogen (secondary N) is 1. The zero-order valence-corrected chi connectivity index (χ0v) is 14.7. The molecule has 1 unspecified atom stereocenters. The number of thiophene rings is 1. The first-order valence-corrected chi connectivity index (χ1v) is 10.3. The van der Waals surface area contributed by atoms with E-state index < -0.39 is 0 Å². The Bertz CT molecular complexity index is 530. The molecule has 1 saturated heterocycles. The van der Waals surface area contributed by atoms with Gasteiger partial charge in [0.25, 0.3) is 0 Å². The lowest BCUT2D eigenvalue weighted by molar-refractivity contribution is -0.138. The van der Waals surface area contributed by atoms with E-state index in [0.717, 1.165) is 32.5 Å². The highest BCUT2D eigenvalue weighted by atomic mass is 32.1. The third-order valence-corrected chi connectivity index (χ3v) is 7.02. The third-order valence-electron chi connectivity index (χ3n) is 6.29. The van der Waals surface area contributed by atoms with Gasteiger partial charge < -0.3 is 10.2 Å². The van der Waals surface area contributed by atoms with Crippen LogP contribution in [-0.2, 0) is 11.3 Å². The molecule has 23 heavy (non-hydrogen) atoms. The summed E-state index contributed by atoms with van der Waals surface area (Å²) in [6, 6.07) is 2.68. The van der Waals surface area contributed by atoms with Crippen molar-refractivity contribution in [2.24, 2.45) is 11.3 Å². The fraction of sp³-hybridized carbons (Fsp3) is 0.737. The van der Waals surface area contributed by atoms with E-state index in [1.54, 1.807) is 11.3 Å². The summed E-state index contributed by atoms with van der Waals surface area (Å²) in [5.41, 5.74) is 1.75. The molecule has 2 heterocycles. The summed E-state index contributed by atoms with van der Waals surface area (Å²) in [4.78, 5) is 15.5. The van der Waals surface area contributed by atoms with Crippen LogP contribution in [0, 0.1) is 11.3 Å². The quantitative estimate of drug-likeness (QED) is 0.909. The summed E-state index contributed by atoms with van der Waals surface area (Å²) >= 11 is 1.74.